The van der Waals surface area contributed by atoms with Crippen molar-refractivity contribution in [1.29, 1.82) is 0 Å². The van der Waals surface area contributed by atoms with E-state index in [-0.39, 0.29) is 34.1 Å². The van der Waals surface area contributed by atoms with Gasteiger partial charge in [-0.05, 0) is 24.0 Å². The van der Waals surface area contributed by atoms with Crippen molar-refractivity contribution in [2.75, 3.05) is 5.32 Å². The zero-order valence-electron chi connectivity index (χ0n) is 11.6. The number of hydrogen-bond acceptors (Lipinski definition) is 3. The Morgan fingerprint density at radius 2 is 2.00 bits per heavy atom. The summed E-state index contributed by atoms with van der Waals surface area (Å²) in [5.74, 6) is -0.315. The predicted octanol–water partition coefficient (Wildman–Crippen LogP) is 2.58. The second kappa shape index (κ2) is 5.77. The van der Waals surface area contributed by atoms with Crippen molar-refractivity contribution < 1.29 is 9.59 Å². The molecule has 1 saturated carbocycles. The molecule has 2 amide bonds. The lowest BCUT2D eigenvalue weighted by Crippen LogP contribution is -2.17. The number of nitrogens with one attached hydrogen (secondary N) is 1. The predicted molar refractivity (Wildman–Crippen MR) is 83.7 cm³/mol. The highest BCUT2D eigenvalue weighted by Crippen LogP contribution is 2.47. The topological polar surface area (TPSA) is 85.1 Å². The molecule has 1 fully saturated rings. The van der Waals surface area contributed by atoms with E-state index in [1.165, 1.54) is 12.3 Å². The van der Waals surface area contributed by atoms with Gasteiger partial charge in [-0.25, -0.2) is 4.98 Å². The molecular weight excluding hydrogens is 302 g/mol. The Bertz CT molecular complexity index is 733. The van der Waals surface area contributed by atoms with E-state index in [9.17, 15) is 9.59 Å². The number of anilines is 1. The molecule has 1 heterocycles. The Morgan fingerprint density at radius 1 is 1.27 bits per heavy atom. The van der Waals surface area contributed by atoms with Crippen LogP contribution in [-0.4, -0.2) is 16.8 Å². The van der Waals surface area contributed by atoms with Gasteiger partial charge in [0.2, 0.25) is 11.8 Å². The molecule has 1 aromatic heterocycles. The van der Waals surface area contributed by atoms with Gasteiger partial charge >= 0.3 is 0 Å². The second-order valence-corrected chi connectivity index (χ2v) is 5.67. The highest BCUT2D eigenvalue weighted by Gasteiger charge is 2.44. The zero-order chi connectivity index (χ0) is 15.7. The maximum atomic E-state index is 12.2. The van der Waals surface area contributed by atoms with Crippen LogP contribution >= 0.6 is 11.6 Å². The van der Waals surface area contributed by atoms with Crippen molar-refractivity contribution in [2.45, 2.75) is 12.3 Å². The van der Waals surface area contributed by atoms with E-state index in [0.717, 1.165) is 12.0 Å². The summed E-state index contributed by atoms with van der Waals surface area (Å²) < 4.78 is 0. The first kappa shape index (κ1) is 14.5. The molecule has 1 aliphatic rings. The fourth-order valence-corrected chi connectivity index (χ4v) is 2.64. The molecule has 1 aliphatic carbocycles. The summed E-state index contributed by atoms with van der Waals surface area (Å²) in [6.07, 6.45) is 2.11. The molecule has 3 rings (SSSR count). The molecule has 0 saturated heterocycles. The maximum absolute atomic E-state index is 12.2. The van der Waals surface area contributed by atoms with Gasteiger partial charge in [0.1, 0.15) is 0 Å². The van der Waals surface area contributed by atoms with Crippen molar-refractivity contribution in [2.24, 2.45) is 11.7 Å². The van der Waals surface area contributed by atoms with Gasteiger partial charge in [-0.2, -0.15) is 0 Å². The van der Waals surface area contributed by atoms with Crippen LogP contribution in [0.5, 0.6) is 0 Å². The van der Waals surface area contributed by atoms with Gasteiger partial charge in [-0.1, -0.05) is 41.9 Å². The lowest BCUT2D eigenvalue weighted by molar-refractivity contribution is -0.117. The van der Waals surface area contributed by atoms with E-state index in [1.54, 1.807) is 0 Å². The number of primary amides is 1. The first-order valence-electron chi connectivity index (χ1n) is 6.87. The fourth-order valence-electron chi connectivity index (χ4n) is 2.43. The van der Waals surface area contributed by atoms with Gasteiger partial charge in [0.25, 0.3) is 0 Å². The molecule has 0 unspecified atom stereocenters. The SMILES string of the molecule is NC(=O)c1cnc(NC(=O)[C@@H]2C[C@H]2c2ccccc2)c(Cl)c1. The number of rotatable bonds is 4. The molecular formula is C16H14ClN3O2. The van der Waals surface area contributed by atoms with Crippen LogP contribution in [0.2, 0.25) is 5.02 Å². The number of halogens is 1. The standard InChI is InChI=1S/C16H14ClN3O2/c17-13-6-10(14(18)21)8-19-15(13)20-16(22)12-7-11(12)9-4-2-1-3-5-9/h1-6,8,11-12H,7H2,(H2,18,21)(H,19,20,22)/t11-,12+/m0/s1. The molecule has 0 radical (unpaired) electrons. The second-order valence-electron chi connectivity index (χ2n) is 5.27. The summed E-state index contributed by atoms with van der Waals surface area (Å²) >= 11 is 6.01. The van der Waals surface area contributed by atoms with E-state index < -0.39 is 5.91 Å². The highest BCUT2D eigenvalue weighted by molar-refractivity contribution is 6.33. The normalized spacial score (nSPS) is 19.5. The van der Waals surface area contributed by atoms with E-state index in [4.69, 9.17) is 17.3 Å². The van der Waals surface area contributed by atoms with Crippen LogP contribution in [0, 0.1) is 5.92 Å². The van der Waals surface area contributed by atoms with Crippen LogP contribution in [0.1, 0.15) is 28.3 Å². The number of nitrogens with two attached hydrogens (primary N) is 1. The summed E-state index contributed by atoms with van der Waals surface area (Å²) in [6.45, 7) is 0. The first-order chi connectivity index (χ1) is 10.6. The Hall–Kier alpha value is -2.40. The number of benzene rings is 1. The summed E-state index contributed by atoms with van der Waals surface area (Å²) in [4.78, 5) is 27.3. The molecule has 3 N–H and O–H groups in total. The van der Waals surface area contributed by atoms with E-state index in [0.29, 0.717) is 0 Å². The molecule has 2 aromatic rings. The van der Waals surface area contributed by atoms with Crippen molar-refractivity contribution in [3.8, 4) is 0 Å². The van der Waals surface area contributed by atoms with Gasteiger partial charge in [-0.15, -0.1) is 0 Å². The van der Waals surface area contributed by atoms with Crippen molar-refractivity contribution in [1.82, 2.24) is 4.98 Å². The minimum atomic E-state index is -0.612. The summed E-state index contributed by atoms with van der Waals surface area (Å²) in [5.41, 5.74) is 6.51. The van der Waals surface area contributed by atoms with Gasteiger partial charge in [0, 0.05) is 12.1 Å². The van der Waals surface area contributed by atoms with Crippen LogP contribution in [0.25, 0.3) is 0 Å². The Balaban J connectivity index is 1.67. The minimum Gasteiger partial charge on any atom is -0.366 e. The summed E-state index contributed by atoms with van der Waals surface area (Å²) in [6, 6.07) is 11.3. The Labute approximate surface area is 132 Å². The number of hydrogen-bond donors (Lipinski definition) is 2. The third-order valence-electron chi connectivity index (χ3n) is 3.72. The number of nitrogens with zero attached hydrogens (tertiary/aromatic N) is 1. The van der Waals surface area contributed by atoms with Gasteiger partial charge in [0.15, 0.2) is 5.82 Å². The maximum Gasteiger partial charge on any atom is 0.250 e. The van der Waals surface area contributed by atoms with E-state index in [2.05, 4.69) is 10.3 Å². The highest BCUT2D eigenvalue weighted by atomic mass is 35.5. The monoisotopic (exact) mass is 315 g/mol. The lowest BCUT2D eigenvalue weighted by Gasteiger charge is -2.07. The molecule has 1 aromatic carbocycles. The fraction of sp³-hybridized carbons (Fsp3) is 0.188. The Morgan fingerprint density at radius 3 is 2.64 bits per heavy atom. The molecule has 22 heavy (non-hydrogen) atoms. The van der Waals surface area contributed by atoms with E-state index >= 15 is 0 Å². The Kier molecular flexibility index (Phi) is 3.81. The number of amides is 2. The third kappa shape index (κ3) is 2.94. The largest absolute Gasteiger partial charge is 0.366 e. The summed E-state index contributed by atoms with van der Waals surface area (Å²) in [7, 11) is 0. The first-order valence-corrected chi connectivity index (χ1v) is 7.25. The zero-order valence-corrected chi connectivity index (χ0v) is 12.4. The van der Waals surface area contributed by atoms with Crippen molar-refractivity contribution in [3.63, 3.8) is 0 Å². The lowest BCUT2D eigenvalue weighted by atomic mass is 10.1. The van der Waals surface area contributed by atoms with Crippen molar-refractivity contribution >= 4 is 29.2 Å². The number of pyridine rings is 1. The molecule has 2 atom stereocenters. The molecule has 0 aliphatic heterocycles. The van der Waals surface area contributed by atoms with Crippen LogP contribution in [0.15, 0.2) is 42.6 Å². The quantitative estimate of drug-likeness (QED) is 0.909. The molecule has 6 heteroatoms. The molecule has 0 spiro atoms. The van der Waals surface area contributed by atoms with Gasteiger partial charge in [0.05, 0.1) is 10.6 Å². The van der Waals surface area contributed by atoms with Gasteiger partial charge in [-0.3, -0.25) is 9.59 Å². The van der Waals surface area contributed by atoms with Crippen LogP contribution in [0.4, 0.5) is 5.82 Å². The van der Waals surface area contributed by atoms with E-state index in [1.807, 2.05) is 30.3 Å². The summed E-state index contributed by atoms with van der Waals surface area (Å²) in [5, 5.41) is 2.90. The van der Waals surface area contributed by atoms with Crippen LogP contribution < -0.4 is 11.1 Å². The average molecular weight is 316 g/mol. The van der Waals surface area contributed by atoms with Crippen molar-refractivity contribution in [3.05, 3.63) is 58.7 Å². The number of carbonyl (C=O) groups is 2. The smallest absolute Gasteiger partial charge is 0.250 e. The minimum absolute atomic E-state index is 0.0731. The molecule has 112 valence electrons. The van der Waals surface area contributed by atoms with Gasteiger partial charge < -0.3 is 11.1 Å². The molecule has 5 nitrogen and oxygen atoms in total. The van der Waals surface area contributed by atoms with Crippen LogP contribution in [-0.2, 0) is 4.79 Å². The number of carbonyl (C=O) groups excluding carboxylic acids is 2. The number of aromatic nitrogens is 1. The third-order valence-corrected chi connectivity index (χ3v) is 4.01. The average Bonchev–Trinajstić information content (AvgIpc) is 3.30. The van der Waals surface area contributed by atoms with Crippen LogP contribution in [0.3, 0.4) is 0 Å². The molecule has 0 bridgehead atoms.